The number of nitrogens with one attached hydrogen (secondary N) is 2. The fourth-order valence-corrected chi connectivity index (χ4v) is 5.61. The molecule has 1 aliphatic carbocycles. The summed E-state index contributed by atoms with van der Waals surface area (Å²) in [5.74, 6) is 0. The van der Waals surface area contributed by atoms with E-state index >= 15 is 0 Å². The minimum absolute atomic E-state index is 0.101. The molecule has 0 saturated heterocycles. The van der Waals surface area contributed by atoms with Crippen LogP contribution in [0.2, 0.25) is 0 Å². The van der Waals surface area contributed by atoms with Crippen LogP contribution in [-0.2, 0) is 12.6 Å². The van der Waals surface area contributed by atoms with Crippen molar-refractivity contribution < 1.29 is 13.2 Å². The van der Waals surface area contributed by atoms with Crippen molar-refractivity contribution >= 4 is 33.1 Å². The molecule has 6 rings (SSSR count). The Balaban J connectivity index is 1.54. The fraction of sp³-hybridized carbons (Fsp3) is 0.333. The molecule has 0 radical (unpaired) electrons. The van der Waals surface area contributed by atoms with Crippen molar-refractivity contribution in [3.05, 3.63) is 87.7 Å². The molecule has 0 aliphatic heterocycles. The second-order valence-corrected chi connectivity index (χ2v) is 12.8. The first-order chi connectivity index (χ1) is 21.8. The van der Waals surface area contributed by atoms with Gasteiger partial charge in [-0.3, -0.25) is 9.78 Å². The molecule has 1 aliphatic rings. The zero-order valence-electron chi connectivity index (χ0n) is 25.6. The molecule has 0 bridgehead atoms. The topological polar surface area (TPSA) is 137 Å². The van der Waals surface area contributed by atoms with E-state index in [-0.39, 0.29) is 35.1 Å². The summed E-state index contributed by atoms with van der Waals surface area (Å²) in [6, 6.07) is 13.7. The molecule has 2 N–H and O–H groups in total. The summed E-state index contributed by atoms with van der Waals surface area (Å²) in [6.07, 6.45) is -0.373. The summed E-state index contributed by atoms with van der Waals surface area (Å²) in [7, 11) is 1.63. The van der Waals surface area contributed by atoms with Crippen LogP contribution in [0, 0.1) is 28.1 Å². The van der Waals surface area contributed by atoms with Gasteiger partial charge in [-0.15, -0.1) is 5.10 Å². The van der Waals surface area contributed by atoms with E-state index in [9.17, 15) is 28.5 Å². The molecule has 1 saturated carbocycles. The van der Waals surface area contributed by atoms with Crippen LogP contribution in [0.3, 0.4) is 0 Å². The standard InChI is InChI=1S/C33H30F3N9O/c1-31(2,3)18-40-28-20(15-38)16-39-27-19(14-37)12-21(13-25(27)28)41-29(23-6-5-7-24-22(23)8-11-44(4)30(24)46)26-17-45(43-42-26)32(9-10-32)33(34,35)36/h5-8,11-13,16-17,29,41H,9-10,18H2,1-4H3,(H,39,40). The fourth-order valence-electron chi connectivity index (χ4n) is 5.61. The Bertz CT molecular complexity index is 2140. The van der Waals surface area contributed by atoms with Gasteiger partial charge in [0.05, 0.1) is 34.6 Å². The summed E-state index contributed by atoms with van der Waals surface area (Å²) in [5.41, 5.74) is 0.144. The molecule has 0 spiro atoms. The summed E-state index contributed by atoms with van der Waals surface area (Å²) >= 11 is 0. The number of alkyl halides is 3. The molecule has 1 atom stereocenters. The monoisotopic (exact) mass is 625 g/mol. The third-order valence-corrected chi connectivity index (χ3v) is 8.28. The predicted molar refractivity (Wildman–Crippen MR) is 167 cm³/mol. The number of nitrogens with zero attached hydrogens (tertiary/aromatic N) is 7. The Morgan fingerprint density at radius 2 is 1.78 bits per heavy atom. The van der Waals surface area contributed by atoms with Gasteiger partial charge >= 0.3 is 6.18 Å². The number of aromatic nitrogens is 5. The van der Waals surface area contributed by atoms with E-state index in [1.807, 2.05) is 20.8 Å². The minimum atomic E-state index is -4.51. The van der Waals surface area contributed by atoms with Crippen molar-refractivity contribution in [2.75, 3.05) is 17.2 Å². The molecule has 3 heterocycles. The number of anilines is 2. The van der Waals surface area contributed by atoms with Crippen LogP contribution in [0.4, 0.5) is 24.5 Å². The van der Waals surface area contributed by atoms with E-state index in [1.165, 1.54) is 17.0 Å². The number of hydrogen-bond acceptors (Lipinski definition) is 8. The Kier molecular flexibility index (Phi) is 7.23. The van der Waals surface area contributed by atoms with Gasteiger partial charge in [-0.05, 0) is 53.5 Å². The van der Waals surface area contributed by atoms with Crippen LogP contribution in [0.1, 0.15) is 62.0 Å². The van der Waals surface area contributed by atoms with E-state index in [0.29, 0.717) is 50.7 Å². The van der Waals surface area contributed by atoms with Gasteiger partial charge < -0.3 is 15.2 Å². The van der Waals surface area contributed by atoms with Gasteiger partial charge in [-0.25, -0.2) is 4.68 Å². The summed E-state index contributed by atoms with van der Waals surface area (Å²) in [5, 5.41) is 36.3. The van der Waals surface area contributed by atoms with Crippen LogP contribution < -0.4 is 16.2 Å². The predicted octanol–water partition coefficient (Wildman–Crippen LogP) is 6.13. The van der Waals surface area contributed by atoms with Gasteiger partial charge in [0.2, 0.25) is 0 Å². The van der Waals surface area contributed by atoms with Crippen LogP contribution in [0.15, 0.2) is 59.8 Å². The molecule has 1 fully saturated rings. The first-order valence-corrected chi connectivity index (χ1v) is 14.6. The van der Waals surface area contributed by atoms with E-state index in [1.54, 1.807) is 49.6 Å². The minimum Gasteiger partial charge on any atom is -0.383 e. The van der Waals surface area contributed by atoms with Crippen molar-refractivity contribution in [1.82, 2.24) is 24.5 Å². The molecular weight excluding hydrogens is 595 g/mol. The Hall–Kier alpha value is -5.43. The lowest BCUT2D eigenvalue weighted by atomic mass is 9.96. The molecule has 3 aromatic heterocycles. The number of rotatable bonds is 7. The maximum atomic E-state index is 14.0. The largest absolute Gasteiger partial charge is 0.413 e. The third-order valence-electron chi connectivity index (χ3n) is 8.28. The van der Waals surface area contributed by atoms with Crippen molar-refractivity contribution in [3.63, 3.8) is 0 Å². The number of pyridine rings is 2. The van der Waals surface area contributed by atoms with E-state index in [2.05, 4.69) is 38.1 Å². The van der Waals surface area contributed by atoms with E-state index < -0.39 is 17.8 Å². The van der Waals surface area contributed by atoms with Gasteiger partial charge in [0, 0.05) is 42.4 Å². The van der Waals surface area contributed by atoms with E-state index in [4.69, 9.17) is 0 Å². The molecule has 13 heteroatoms. The molecule has 2 aromatic carbocycles. The summed E-state index contributed by atoms with van der Waals surface area (Å²) in [4.78, 5) is 17.4. The first-order valence-electron chi connectivity index (χ1n) is 14.6. The highest BCUT2D eigenvalue weighted by Crippen LogP contribution is 2.55. The highest BCUT2D eigenvalue weighted by Gasteiger charge is 2.66. The molecule has 234 valence electrons. The lowest BCUT2D eigenvalue weighted by Gasteiger charge is -2.23. The van der Waals surface area contributed by atoms with Gasteiger partial charge in [0.15, 0.2) is 5.54 Å². The second kappa shape index (κ2) is 10.9. The number of nitriles is 2. The SMILES string of the molecule is Cn1ccc2c(C(Nc3cc(C#N)c4ncc(C#N)c(NCC(C)(C)C)c4c3)c3cn(C4(C(F)(F)F)CC4)nn3)cccc2c1=O. The number of halogens is 3. The molecule has 5 aromatic rings. The lowest BCUT2D eigenvalue weighted by Crippen LogP contribution is -2.35. The van der Waals surface area contributed by atoms with Crippen molar-refractivity contribution in [2.24, 2.45) is 12.5 Å². The Labute approximate surface area is 262 Å². The number of hydrogen-bond donors (Lipinski definition) is 2. The van der Waals surface area contributed by atoms with Gasteiger partial charge in [0.25, 0.3) is 5.56 Å². The maximum absolute atomic E-state index is 14.0. The van der Waals surface area contributed by atoms with Gasteiger partial charge in [-0.2, -0.15) is 23.7 Å². The van der Waals surface area contributed by atoms with Crippen molar-refractivity contribution in [1.29, 1.82) is 10.5 Å². The average molecular weight is 626 g/mol. The molecule has 10 nitrogen and oxygen atoms in total. The molecule has 0 amide bonds. The zero-order valence-corrected chi connectivity index (χ0v) is 25.6. The highest BCUT2D eigenvalue weighted by atomic mass is 19.4. The molecule has 46 heavy (non-hydrogen) atoms. The van der Waals surface area contributed by atoms with Crippen molar-refractivity contribution in [3.8, 4) is 12.1 Å². The first kappa shape index (κ1) is 30.6. The number of fused-ring (bicyclic) bond motifs is 2. The summed E-state index contributed by atoms with van der Waals surface area (Å²) in [6.45, 7) is 6.66. The zero-order chi connectivity index (χ0) is 33.0. The lowest BCUT2D eigenvalue weighted by molar-refractivity contribution is -0.182. The number of benzene rings is 2. The maximum Gasteiger partial charge on any atom is 0.413 e. The highest BCUT2D eigenvalue weighted by molar-refractivity contribution is 5.99. The second-order valence-electron chi connectivity index (χ2n) is 12.8. The van der Waals surface area contributed by atoms with E-state index in [0.717, 1.165) is 4.68 Å². The third kappa shape index (κ3) is 5.28. The Morgan fingerprint density at radius 3 is 2.43 bits per heavy atom. The van der Waals surface area contributed by atoms with Crippen LogP contribution in [-0.4, -0.2) is 37.3 Å². The Morgan fingerprint density at radius 1 is 1.04 bits per heavy atom. The number of aryl methyl sites for hydroxylation is 1. The molecule has 1 unspecified atom stereocenters. The van der Waals surface area contributed by atoms with Gasteiger partial charge in [0.1, 0.15) is 17.8 Å². The normalized spacial score (nSPS) is 14.9. The summed E-state index contributed by atoms with van der Waals surface area (Å²) < 4.78 is 44.4. The van der Waals surface area contributed by atoms with Crippen LogP contribution in [0.5, 0.6) is 0 Å². The smallest absolute Gasteiger partial charge is 0.383 e. The molecular formula is C33H30F3N9O. The van der Waals surface area contributed by atoms with Crippen molar-refractivity contribution in [2.45, 2.75) is 51.4 Å². The average Bonchev–Trinajstić information content (AvgIpc) is 3.70. The van der Waals surface area contributed by atoms with Crippen LogP contribution >= 0.6 is 0 Å². The van der Waals surface area contributed by atoms with Crippen LogP contribution in [0.25, 0.3) is 21.7 Å². The van der Waals surface area contributed by atoms with Gasteiger partial charge in [-0.1, -0.05) is 38.1 Å². The quantitative estimate of drug-likeness (QED) is 0.220.